The number of imidazole rings is 2. The fraction of sp³-hybridized carbons (Fsp3) is 0.333. The molecule has 25 heteroatoms. The van der Waals surface area contributed by atoms with Crippen molar-refractivity contribution in [1.29, 1.82) is 0 Å². The van der Waals surface area contributed by atoms with Gasteiger partial charge < -0.3 is 50.2 Å². The summed E-state index contributed by atoms with van der Waals surface area (Å²) in [6, 6.07) is 0. The van der Waals surface area contributed by atoms with Crippen LogP contribution < -0.4 is 22.5 Å². The van der Waals surface area contributed by atoms with Gasteiger partial charge in [-0.25, -0.2) is 23.9 Å². The Morgan fingerprint density at radius 3 is 2.15 bits per heavy atom. The molecule has 0 saturated carbocycles. The Labute approximate surface area is 217 Å². The van der Waals surface area contributed by atoms with Gasteiger partial charge >= 0.3 is 21.3 Å². The number of aromatic amines is 5. The molecule has 0 spiro atoms. The van der Waals surface area contributed by atoms with Crippen molar-refractivity contribution < 1.29 is 52.7 Å². The number of H-pyrrole nitrogens is 5. The number of fused-ring (bicyclic) bond motifs is 2. The van der Waals surface area contributed by atoms with E-state index >= 15 is 0 Å². The average molecular weight is 613 g/mol. The maximum Gasteiger partial charge on any atom is 0.472 e. The van der Waals surface area contributed by atoms with E-state index < -0.39 is 58.1 Å². The van der Waals surface area contributed by atoms with Crippen LogP contribution in [0.3, 0.4) is 0 Å². The van der Waals surface area contributed by atoms with E-state index in [4.69, 9.17) is 30.4 Å². The van der Waals surface area contributed by atoms with Crippen LogP contribution in [0.5, 0.6) is 0 Å². The van der Waals surface area contributed by atoms with Gasteiger partial charge in [-0.3, -0.25) is 33.6 Å². The second-order valence-corrected chi connectivity index (χ2v) is 9.84. The van der Waals surface area contributed by atoms with Crippen LogP contribution in [-0.4, -0.2) is 101 Å². The monoisotopic (exact) mass is 613 g/mol. The van der Waals surface area contributed by atoms with Gasteiger partial charge in [0.25, 0.3) is 11.1 Å². The topological polar surface area (TPSA) is 378 Å². The third-order valence-corrected chi connectivity index (χ3v) is 5.62. The van der Waals surface area contributed by atoms with E-state index in [1.807, 2.05) is 0 Å². The third kappa shape index (κ3) is 8.20. The number of nitrogens with zero attached hydrogens (tertiary/aromatic N) is 3. The van der Waals surface area contributed by atoms with Crippen molar-refractivity contribution in [2.24, 2.45) is 0 Å². The van der Waals surface area contributed by atoms with Crippen molar-refractivity contribution in [3.05, 3.63) is 43.8 Å². The molecule has 0 bridgehead atoms. The van der Waals surface area contributed by atoms with Crippen LogP contribution in [0.1, 0.15) is 0 Å². The highest BCUT2D eigenvalue weighted by atomic mass is 31.2. The molecule has 0 radical (unpaired) electrons. The molecular formula is C15H21N9O14P2. The van der Waals surface area contributed by atoms with Crippen molar-refractivity contribution in [2.75, 3.05) is 12.3 Å². The highest BCUT2D eigenvalue weighted by Crippen LogP contribution is 2.46. The number of rotatable bonds is 5. The summed E-state index contributed by atoms with van der Waals surface area (Å²) in [5.74, 6) is 0.0783. The SMILES string of the molecule is Nc1nc2nc[nH]c2c(=O)[nH]1.O=P(O)(O)OC1O[C@H](CO)[C@@H](O)[C@H]1OP(=O)(O)O.O=c1[nH]c(=O)c2[nH]cnc2[nH]1. The lowest BCUT2D eigenvalue weighted by Gasteiger charge is -2.20. The predicted molar refractivity (Wildman–Crippen MR) is 128 cm³/mol. The molecule has 5 heterocycles. The number of nitrogens with two attached hydrogens (primary N) is 1. The Kier molecular flexibility index (Phi) is 9.50. The van der Waals surface area contributed by atoms with Gasteiger partial charge in [0, 0.05) is 0 Å². The lowest BCUT2D eigenvalue weighted by atomic mass is 10.1. The highest BCUT2D eigenvalue weighted by molar-refractivity contribution is 7.46. The minimum atomic E-state index is -5.05. The summed E-state index contributed by atoms with van der Waals surface area (Å²) in [5, 5.41) is 18.3. The summed E-state index contributed by atoms with van der Waals surface area (Å²) in [6.45, 7) is -0.761. The number of ether oxygens (including phenoxy) is 1. The quantitative estimate of drug-likeness (QED) is 0.0949. The summed E-state index contributed by atoms with van der Waals surface area (Å²) >= 11 is 0. The molecule has 4 aromatic rings. The fourth-order valence-corrected chi connectivity index (χ4v) is 4.05. The second-order valence-electron chi connectivity index (χ2n) is 7.46. The number of hydrogen-bond acceptors (Lipinski definition) is 14. The number of phosphoric acid groups is 2. The van der Waals surface area contributed by atoms with Gasteiger partial charge in [0.05, 0.1) is 19.3 Å². The molecule has 1 saturated heterocycles. The summed E-state index contributed by atoms with van der Waals surface area (Å²) in [5.41, 5.74) is 5.20. The standard InChI is InChI=1S/C5H5N5O.C5H4N4O2.C5H12O11P2/c6-5-9-3-2(4(11)10-5)7-1-8-3;10-4-2-3(7-1-6-2)8-5(11)9-4;6-1-2-3(7)4(15-17(8,9)10)5(14-2)16-18(11,12)13/h1H,(H4,6,7,8,9,10,11);1H,(H3,6,7,8,9,10,11);2-7H,1H2,(H2,8,9,10)(H2,11,12,13)/t;;2-,3-,4-,5?/m..1/s1. The maximum absolute atomic E-state index is 11.0. The summed E-state index contributed by atoms with van der Waals surface area (Å²) in [6.07, 6.45) is -4.11. The highest BCUT2D eigenvalue weighted by Gasteiger charge is 2.50. The van der Waals surface area contributed by atoms with E-state index in [-0.39, 0.29) is 22.7 Å². The lowest BCUT2D eigenvalue weighted by Crippen LogP contribution is -2.36. The zero-order chi connectivity index (χ0) is 29.8. The normalized spacial score (nSPS) is 21.1. The smallest absolute Gasteiger partial charge is 0.394 e. The summed E-state index contributed by atoms with van der Waals surface area (Å²) in [4.78, 5) is 90.1. The van der Waals surface area contributed by atoms with Crippen molar-refractivity contribution in [3.63, 3.8) is 0 Å². The van der Waals surface area contributed by atoms with Gasteiger partial charge in [0.2, 0.25) is 5.95 Å². The van der Waals surface area contributed by atoms with Crippen LogP contribution in [0.2, 0.25) is 0 Å². The molecule has 5 rings (SSSR count). The molecule has 40 heavy (non-hydrogen) atoms. The van der Waals surface area contributed by atoms with E-state index in [2.05, 4.69) is 53.7 Å². The van der Waals surface area contributed by atoms with E-state index in [1.54, 1.807) is 0 Å². The Hall–Kier alpha value is -3.60. The predicted octanol–water partition coefficient (Wildman–Crippen LogP) is -4.18. The largest absolute Gasteiger partial charge is 0.472 e. The molecule has 1 aliphatic heterocycles. The minimum Gasteiger partial charge on any atom is -0.394 e. The number of nitrogen functional groups attached to an aromatic ring is 1. The van der Waals surface area contributed by atoms with Gasteiger partial charge in [0.15, 0.2) is 23.1 Å². The maximum atomic E-state index is 11.0. The number of nitrogens with one attached hydrogen (secondary N) is 5. The van der Waals surface area contributed by atoms with E-state index in [9.17, 15) is 28.6 Å². The Balaban J connectivity index is 0.000000173. The third-order valence-electron chi connectivity index (χ3n) is 4.61. The van der Waals surface area contributed by atoms with Crippen LogP contribution in [0.4, 0.5) is 5.95 Å². The first-order valence-electron chi connectivity index (χ1n) is 10.3. The fourth-order valence-electron chi connectivity index (χ4n) is 3.07. The molecular weight excluding hydrogens is 592 g/mol. The van der Waals surface area contributed by atoms with Gasteiger partial charge in [-0.2, -0.15) is 4.98 Å². The Morgan fingerprint density at radius 2 is 1.52 bits per heavy atom. The molecule has 0 amide bonds. The van der Waals surface area contributed by atoms with Crippen LogP contribution in [0.25, 0.3) is 22.3 Å². The first kappa shape index (κ1) is 30.9. The minimum absolute atomic E-state index is 0.0783. The van der Waals surface area contributed by atoms with Gasteiger partial charge in [0.1, 0.15) is 23.8 Å². The molecule has 1 aliphatic rings. The zero-order valence-electron chi connectivity index (χ0n) is 19.4. The number of phosphoric ester groups is 2. The van der Waals surface area contributed by atoms with Crippen molar-refractivity contribution in [1.82, 2.24) is 39.9 Å². The Bertz CT molecular complexity index is 1720. The van der Waals surface area contributed by atoms with Gasteiger partial charge in [-0.05, 0) is 0 Å². The summed E-state index contributed by atoms with van der Waals surface area (Å²) < 4.78 is 34.1. The first-order chi connectivity index (χ1) is 18.6. The van der Waals surface area contributed by atoms with E-state index in [0.717, 1.165) is 0 Å². The second kappa shape index (κ2) is 12.3. The van der Waals surface area contributed by atoms with Gasteiger partial charge in [-0.15, -0.1) is 0 Å². The van der Waals surface area contributed by atoms with Crippen molar-refractivity contribution >= 4 is 43.9 Å². The summed E-state index contributed by atoms with van der Waals surface area (Å²) in [7, 11) is -10.1. The molecule has 0 aliphatic carbocycles. The average Bonchev–Trinajstić information content (AvgIpc) is 3.54. The van der Waals surface area contributed by atoms with Crippen molar-refractivity contribution in [3.8, 4) is 0 Å². The molecule has 220 valence electrons. The molecule has 4 aromatic heterocycles. The van der Waals surface area contributed by atoms with Crippen molar-refractivity contribution in [2.45, 2.75) is 24.6 Å². The number of aliphatic hydroxyl groups is 2. The van der Waals surface area contributed by atoms with Gasteiger partial charge in [-0.1, -0.05) is 0 Å². The van der Waals surface area contributed by atoms with Crippen LogP contribution in [0, 0.1) is 0 Å². The number of aliphatic hydroxyl groups excluding tert-OH is 2. The molecule has 4 atom stereocenters. The molecule has 1 fully saturated rings. The van der Waals surface area contributed by atoms with Crippen LogP contribution >= 0.6 is 15.6 Å². The van der Waals surface area contributed by atoms with E-state index in [0.29, 0.717) is 11.2 Å². The molecule has 13 N–H and O–H groups in total. The van der Waals surface area contributed by atoms with Crippen LogP contribution in [-0.2, 0) is 22.9 Å². The number of aromatic nitrogens is 8. The zero-order valence-corrected chi connectivity index (χ0v) is 21.2. The lowest BCUT2D eigenvalue weighted by molar-refractivity contribution is -0.124. The van der Waals surface area contributed by atoms with E-state index in [1.165, 1.54) is 12.7 Å². The molecule has 23 nitrogen and oxygen atoms in total. The number of hydrogen-bond donors (Lipinski definition) is 12. The molecule has 1 unspecified atom stereocenters. The Morgan fingerprint density at radius 1 is 0.925 bits per heavy atom. The number of anilines is 1. The molecule has 0 aromatic carbocycles. The first-order valence-corrected chi connectivity index (χ1v) is 13.4. The van der Waals surface area contributed by atoms with Crippen LogP contribution in [0.15, 0.2) is 27.0 Å².